The molecule has 0 radical (unpaired) electrons. The van der Waals surface area contributed by atoms with Crippen LogP contribution in [0.5, 0.6) is 5.75 Å². The van der Waals surface area contributed by atoms with E-state index in [1.807, 2.05) is 0 Å². The average Bonchev–Trinajstić information content (AvgIpc) is 3.16. The van der Waals surface area contributed by atoms with Gasteiger partial charge in [-0.05, 0) is 41.8 Å². The number of carbonyl (C=O) groups is 4. The van der Waals surface area contributed by atoms with Crippen LogP contribution in [0, 0.1) is 0 Å². The van der Waals surface area contributed by atoms with Crippen molar-refractivity contribution in [3.05, 3.63) is 64.7 Å². The molecule has 1 aliphatic rings. The van der Waals surface area contributed by atoms with Crippen molar-refractivity contribution in [3.8, 4) is 5.75 Å². The van der Waals surface area contributed by atoms with Crippen LogP contribution in [0.3, 0.4) is 0 Å². The normalized spacial score (nSPS) is 13.7. The molecule has 0 bridgehead atoms. The van der Waals surface area contributed by atoms with E-state index in [0.717, 1.165) is 6.07 Å². The Hall–Kier alpha value is -4.09. The summed E-state index contributed by atoms with van der Waals surface area (Å²) in [6.07, 6.45) is -4.63. The predicted octanol–water partition coefficient (Wildman–Crippen LogP) is 2.16. The lowest BCUT2D eigenvalue weighted by Crippen LogP contribution is -2.45. The number of alkyl halides is 3. The van der Waals surface area contributed by atoms with Crippen LogP contribution in [0.15, 0.2) is 42.5 Å². The maximum atomic E-state index is 13.1. The molecule has 2 aromatic carbocycles. The number of hydrogen-bond acceptors (Lipinski definition) is 6. The molecule has 1 heterocycles. The van der Waals surface area contributed by atoms with Crippen LogP contribution in [0.2, 0.25) is 0 Å². The fraction of sp³-hybridized carbons (Fsp3) is 0.333. The van der Waals surface area contributed by atoms with Crippen LogP contribution >= 0.6 is 0 Å². The highest BCUT2D eigenvalue weighted by atomic mass is 19.4. The number of fused-ring (bicyclic) bond motifs is 1. The van der Waals surface area contributed by atoms with E-state index in [9.17, 15) is 32.3 Å². The van der Waals surface area contributed by atoms with Crippen molar-refractivity contribution >= 4 is 23.7 Å². The Bertz CT molecular complexity index is 1170. The maximum absolute atomic E-state index is 13.1. The van der Waals surface area contributed by atoms with E-state index in [-0.39, 0.29) is 37.2 Å². The second-order valence-electron chi connectivity index (χ2n) is 8.01. The molecule has 0 saturated carbocycles. The van der Waals surface area contributed by atoms with Crippen molar-refractivity contribution in [3.63, 3.8) is 0 Å². The van der Waals surface area contributed by atoms with E-state index in [4.69, 9.17) is 10.5 Å². The number of nitrogens with one attached hydrogen (secondary N) is 1. The summed E-state index contributed by atoms with van der Waals surface area (Å²) < 4.78 is 49.2. The van der Waals surface area contributed by atoms with Gasteiger partial charge >= 0.3 is 12.1 Å². The van der Waals surface area contributed by atoms with E-state index < -0.39 is 48.1 Å². The molecule has 192 valence electrons. The molecule has 0 aromatic heterocycles. The third kappa shape index (κ3) is 6.32. The summed E-state index contributed by atoms with van der Waals surface area (Å²) in [5.41, 5.74) is 5.38. The number of hydrogen-bond donors (Lipinski definition) is 2. The molecule has 12 heteroatoms. The molecule has 0 saturated heterocycles. The highest BCUT2D eigenvalue weighted by Crippen LogP contribution is 2.32. The zero-order chi connectivity index (χ0) is 26.5. The first kappa shape index (κ1) is 26.5. The van der Waals surface area contributed by atoms with Crippen molar-refractivity contribution in [1.82, 2.24) is 10.2 Å². The number of halogens is 3. The number of amides is 3. The third-order valence-corrected chi connectivity index (χ3v) is 5.63. The molecule has 0 spiro atoms. The summed E-state index contributed by atoms with van der Waals surface area (Å²) in [6.45, 7) is -0.750. The Labute approximate surface area is 204 Å². The second-order valence-corrected chi connectivity index (χ2v) is 8.01. The zero-order valence-electron chi connectivity index (χ0n) is 19.3. The maximum Gasteiger partial charge on any atom is 0.416 e. The quantitative estimate of drug-likeness (QED) is 0.475. The zero-order valence-corrected chi connectivity index (χ0v) is 19.3. The highest BCUT2D eigenvalue weighted by molar-refractivity contribution is 6.01. The van der Waals surface area contributed by atoms with E-state index in [1.165, 1.54) is 48.4 Å². The number of benzene rings is 2. The molecule has 3 N–H and O–H groups in total. The monoisotopic (exact) mass is 507 g/mol. The first-order valence-corrected chi connectivity index (χ1v) is 10.9. The standard InChI is InChI=1S/C24H24F3N3O6/c1-35-21(32)9-8-19(22(28)33)30-12-15-10-16(6-7-17(15)23(30)34)36-13-20(31)29-11-14-4-2-3-5-18(14)24(25,26)27/h2-7,10,19H,8-9,11-13H2,1H3,(H2,28,33)(H,29,31)/t19-/m0/s1. The summed E-state index contributed by atoms with van der Waals surface area (Å²) in [4.78, 5) is 49.5. The number of ether oxygens (including phenoxy) is 2. The fourth-order valence-corrected chi connectivity index (χ4v) is 3.81. The lowest BCUT2D eigenvalue weighted by atomic mass is 10.1. The molecule has 3 rings (SSSR count). The molecular formula is C24H24F3N3O6. The summed E-state index contributed by atoms with van der Waals surface area (Å²) in [5.74, 6) is -2.13. The summed E-state index contributed by atoms with van der Waals surface area (Å²) in [7, 11) is 1.21. The van der Waals surface area contributed by atoms with Gasteiger partial charge in [0.25, 0.3) is 11.8 Å². The van der Waals surface area contributed by atoms with Gasteiger partial charge in [-0.2, -0.15) is 13.2 Å². The Morgan fingerprint density at radius 2 is 1.89 bits per heavy atom. The van der Waals surface area contributed by atoms with Crippen LogP contribution in [0.4, 0.5) is 13.2 Å². The minimum Gasteiger partial charge on any atom is -0.484 e. The van der Waals surface area contributed by atoms with Gasteiger partial charge in [-0.15, -0.1) is 0 Å². The van der Waals surface area contributed by atoms with E-state index in [2.05, 4.69) is 10.1 Å². The third-order valence-electron chi connectivity index (χ3n) is 5.63. The lowest BCUT2D eigenvalue weighted by Gasteiger charge is -2.24. The van der Waals surface area contributed by atoms with Gasteiger partial charge in [0.2, 0.25) is 5.91 Å². The molecule has 2 aromatic rings. The van der Waals surface area contributed by atoms with Crippen molar-refractivity contribution in [1.29, 1.82) is 0 Å². The molecular weight excluding hydrogens is 483 g/mol. The number of rotatable bonds is 10. The average molecular weight is 507 g/mol. The predicted molar refractivity (Wildman–Crippen MR) is 119 cm³/mol. The van der Waals surface area contributed by atoms with Crippen molar-refractivity contribution in [2.75, 3.05) is 13.7 Å². The molecule has 36 heavy (non-hydrogen) atoms. The van der Waals surface area contributed by atoms with Gasteiger partial charge in [-0.1, -0.05) is 18.2 Å². The minimum absolute atomic E-state index is 0.00271. The summed E-state index contributed by atoms with van der Waals surface area (Å²) >= 11 is 0. The van der Waals surface area contributed by atoms with E-state index >= 15 is 0 Å². The largest absolute Gasteiger partial charge is 0.484 e. The fourth-order valence-electron chi connectivity index (χ4n) is 3.81. The second kappa shape index (κ2) is 11.1. The van der Waals surface area contributed by atoms with Crippen LogP contribution in [0.25, 0.3) is 0 Å². The lowest BCUT2D eigenvalue weighted by molar-refractivity contribution is -0.141. The number of methoxy groups -OCH3 is 1. The Kier molecular flexibility index (Phi) is 8.18. The number of carbonyl (C=O) groups excluding carboxylic acids is 4. The first-order chi connectivity index (χ1) is 17.0. The van der Waals surface area contributed by atoms with Crippen molar-refractivity contribution in [2.24, 2.45) is 5.73 Å². The van der Waals surface area contributed by atoms with Gasteiger partial charge in [0.1, 0.15) is 11.8 Å². The Morgan fingerprint density at radius 3 is 2.56 bits per heavy atom. The van der Waals surface area contributed by atoms with Gasteiger partial charge < -0.3 is 25.4 Å². The number of nitrogens with zero attached hydrogens (tertiary/aromatic N) is 1. The number of nitrogens with two attached hydrogens (primary N) is 1. The minimum atomic E-state index is -4.54. The molecule has 0 unspecified atom stereocenters. The topological polar surface area (TPSA) is 128 Å². The Balaban J connectivity index is 1.59. The molecule has 1 aliphatic heterocycles. The van der Waals surface area contributed by atoms with Crippen LogP contribution in [0.1, 0.15) is 39.9 Å². The van der Waals surface area contributed by atoms with Crippen LogP contribution in [-0.4, -0.2) is 48.3 Å². The summed E-state index contributed by atoms with van der Waals surface area (Å²) in [6, 6.07) is 8.37. The smallest absolute Gasteiger partial charge is 0.416 e. The highest BCUT2D eigenvalue weighted by Gasteiger charge is 2.36. The Morgan fingerprint density at radius 1 is 1.17 bits per heavy atom. The van der Waals surface area contributed by atoms with Crippen molar-refractivity contribution < 1.29 is 41.8 Å². The molecule has 0 aliphatic carbocycles. The van der Waals surface area contributed by atoms with Crippen LogP contribution in [-0.2, 0) is 38.4 Å². The number of primary amides is 1. The molecule has 0 fully saturated rings. The van der Waals surface area contributed by atoms with Gasteiger partial charge in [0.15, 0.2) is 6.61 Å². The van der Waals surface area contributed by atoms with Crippen molar-refractivity contribution in [2.45, 2.75) is 38.1 Å². The molecule has 9 nitrogen and oxygen atoms in total. The molecule has 3 amide bonds. The van der Waals surface area contributed by atoms with Gasteiger partial charge in [0, 0.05) is 25.1 Å². The SMILES string of the molecule is COC(=O)CC[C@@H](C(N)=O)N1Cc2cc(OCC(=O)NCc3ccccc3C(F)(F)F)ccc2C1=O. The van der Waals surface area contributed by atoms with Gasteiger partial charge in [-0.3, -0.25) is 19.2 Å². The van der Waals surface area contributed by atoms with Gasteiger partial charge in [-0.25, -0.2) is 0 Å². The van der Waals surface area contributed by atoms with E-state index in [0.29, 0.717) is 11.1 Å². The molecule has 1 atom stereocenters. The first-order valence-electron chi connectivity index (χ1n) is 10.9. The summed E-state index contributed by atoms with van der Waals surface area (Å²) in [5, 5.41) is 2.39. The van der Waals surface area contributed by atoms with E-state index in [1.54, 1.807) is 0 Å². The van der Waals surface area contributed by atoms with Crippen LogP contribution < -0.4 is 15.8 Å². The number of esters is 1. The van der Waals surface area contributed by atoms with Gasteiger partial charge in [0.05, 0.1) is 12.7 Å².